The van der Waals surface area contributed by atoms with E-state index in [1.807, 2.05) is 42.2 Å². The fourth-order valence-corrected chi connectivity index (χ4v) is 4.53. The molecule has 0 radical (unpaired) electrons. The summed E-state index contributed by atoms with van der Waals surface area (Å²) >= 11 is 6.18. The topological polar surface area (TPSA) is 79.0 Å². The number of imide groups is 1. The molecule has 0 spiro atoms. The Hall–Kier alpha value is -2.90. The molecule has 168 valence electrons. The van der Waals surface area contributed by atoms with E-state index in [9.17, 15) is 14.4 Å². The first-order valence-corrected chi connectivity index (χ1v) is 11.1. The van der Waals surface area contributed by atoms with Gasteiger partial charge in [-0.3, -0.25) is 19.3 Å². The molecule has 2 saturated heterocycles. The Morgan fingerprint density at radius 1 is 1.12 bits per heavy atom. The Morgan fingerprint density at radius 2 is 1.81 bits per heavy atom. The summed E-state index contributed by atoms with van der Waals surface area (Å²) in [5, 5.41) is 3.46. The minimum atomic E-state index is -0.527. The predicted octanol–water partition coefficient (Wildman–Crippen LogP) is 3.64. The van der Waals surface area contributed by atoms with Crippen LogP contribution in [0.5, 0.6) is 5.75 Å². The van der Waals surface area contributed by atoms with Crippen LogP contribution in [0.3, 0.4) is 0 Å². The summed E-state index contributed by atoms with van der Waals surface area (Å²) in [6.07, 6.45) is 1.39. The molecule has 0 aliphatic carbocycles. The summed E-state index contributed by atoms with van der Waals surface area (Å²) in [6.45, 7) is 2.99. The number of nitrogens with one attached hydrogen (secondary N) is 1. The van der Waals surface area contributed by atoms with Crippen molar-refractivity contribution in [3.05, 3.63) is 53.1 Å². The molecule has 0 saturated carbocycles. The van der Waals surface area contributed by atoms with E-state index in [-0.39, 0.29) is 30.1 Å². The van der Waals surface area contributed by atoms with E-state index in [2.05, 4.69) is 5.32 Å². The number of carbonyl (C=O) groups is 3. The number of aryl methyl sites for hydroxylation is 1. The van der Waals surface area contributed by atoms with Gasteiger partial charge in [-0.2, -0.15) is 0 Å². The third kappa shape index (κ3) is 4.36. The van der Waals surface area contributed by atoms with Crippen molar-refractivity contribution in [3.63, 3.8) is 0 Å². The summed E-state index contributed by atoms with van der Waals surface area (Å²) < 4.78 is 5.37. The monoisotopic (exact) mass is 455 g/mol. The molecular formula is C24H26ClN3O4. The second-order valence-electron chi connectivity index (χ2n) is 8.23. The summed E-state index contributed by atoms with van der Waals surface area (Å²) in [5.41, 5.74) is 1.96. The lowest BCUT2D eigenvalue weighted by atomic mass is 9.94. The van der Waals surface area contributed by atoms with Gasteiger partial charge in [0.05, 0.1) is 25.3 Å². The number of hydrogen-bond donors (Lipinski definition) is 1. The van der Waals surface area contributed by atoms with Crippen LogP contribution >= 0.6 is 11.6 Å². The summed E-state index contributed by atoms with van der Waals surface area (Å²) in [5.74, 6) is -0.258. The van der Waals surface area contributed by atoms with Gasteiger partial charge in [0, 0.05) is 22.7 Å². The van der Waals surface area contributed by atoms with Gasteiger partial charge in [0.1, 0.15) is 5.75 Å². The van der Waals surface area contributed by atoms with Crippen molar-refractivity contribution in [2.24, 2.45) is 5.92 Å². The Morgan fingerprint density at radius 3 is 2.47 bits per heavy atom. The number of ether oxygens (including phenoxy) is 1. The number of halogens is 1. The molecule has 8 heteroatoms. The summed E-state index contributed by atoms with van der Waals surface area (Å²) in [4.78, 5) is 41.9. The SMILES string of the molecule is COc1cc(Cl)c(C)cc1N1C(=O)C[C@H](N2CCC(C(=O)Nc3ccccc3)CC2)C1=O. The molecule has 2 aliphatic rings. The Bertz CT molecular complexity index is 1040. The quantitative estimate of drug-likeness (QED) is 0.696. The first kappa shape index (κ1) is 22.3. The van der Waals surface area contributed by atoms with Gasteiger partial charge >= 0.3 is 0 Å². The van der Waals surface area contributed by atoms with Crippen molar-refractivity contribution >= 4 is 40.7 Å². The molecule has 0 bridgehead atoms. The first-order valence-electron chi connectivity index (χ1n) is 10.7. The van der Waals surface area contributed by atoms with Gasteiger partial charge in [-0.25, -0.2) is 4.90 Å². The van der Waals surface area contributed by atoms with E-state index in [4.69, 9.17) is 16.3 Å². The molecule has 3 amide bonds. The lowest BCUT2D eigenvalue weighted by Gasteiger charge is -2.34. The minimum Gasteiger partial charge on any atom is -0.495 e. The average Bonchev–Trinajstić information content (AvgIpc) is 3.09. The highest BCUT2D eigenvalue weighted by Gasteiger charge is 2.44. The highest BCUT2D eigenvalue weighted by Crippen LogP contribution is 2.37. The van der Waals surface area contributed by atoms with Crippen LogP contribution in [0.25, 0.3) is 0 Å². The van der Waals surface area contributed by atoms with E-state index in [1.165, 1.54) is 12.0 Å². The van der Waals surface area contributed by atoms with Gasteiger partial charge in [-0.05, 0) is 56.6 Å². The van der Waals surface area contributed by atoms with Crippen LogP contribution in [-0.4, -0.2) is 48.9 Å². The fraction of sp³-hybridized carbons (Fsp3) is 0.375. The third-order valence-electron chi connectivity index (χ3n) is 6.21. The Labute approximate surface area is 192 Å². The molecule has 2 aromatic carbocycles. The molecule has 2 aliphatic heterocycles. The smallest absolute Gasteiger partial charge is 0.251 e. The first-order chi connectivity index (χ1) is 15.4. The van der Waals surface area contributed by atoms with Gasteiger partial charge < -0.3 is 10.1 Å². The number of rotatable bonds is 5. The molecule has 2 fully saturated rings. The normalized spacial score (nSPS) is 20.0. The maximum absolute atomic E-state index is 13.2. The molecule has 0 aromatic heterocycles. The average molecular weight is 456 g/mol. The lowest BCUT2D eigenvalue weighted by molar-refractivity contribution is -0.123. The second kappa shape index (κ2) is 9.30. The molecule has 1 atom stereocenters. The van der Waals surface area contributed by atoms with E-state index < -0.39 is 6.04 Å². The van der Waals surface area contributed by atoms with Crippen molar-refractivity contribution in [1.29, 1.82) is 0 Å². The molecule has 32 heavy (non-hydrogen) atoms. The van der Waals surface area contributed by atoms with Crippen molar-refractivity contribution < 1.29 is 19.1 Å². The van der Waals surface area contributed by atoms with Gasteiger partial charge in [-0.15, -0.1) is 0 Å². The van der Waals surface area contributed by atoms with Crippen LogP contribution < -0.4 is 15.0 Å². The Kier molecular flexibility index (Phi) is 6.48. The van der Waals surface area contributed by atoms with E-state index in [0.29, 0.717) is 42.4 Å². The molecule has 2 aromatic rings. The maximum Gasteiger partial charge on any atom is 0.251 e. The van der Waals surface area contributed by atoms with Gasteiger partial charge in [0.2, 0.25) is 11.8 Å². The number of likely N-dealkylation sites (tertiary alicyclic amines) is 1. The number of methoxy groups -OCH3 is 1. The van der Waals surface area contributed by atoms with Crippen LogP contribution in [0.1, 0.15) is 24.8 Å². The van der Waals surface area contributed by atoms with Crippen LogP contribution in [-0.2, 0) is 14.4 Å². The highest BCUT2D eigenvalue weighted by atomic mass is 35.5. The zero-order valence-corrected chi connectivity index (χ0v) is 18.9. The number of carbonyl (C=O) groups excluding carboxylic acids is 3. The fourth-order valence-electron chi connectivity index (χ4n) is 4.38. The summed E-state index contributed by atoms with van der Waals surface area (Å²) in [6, 6.07) is 12.2. The van der Waals surface area contributed by atoms with Crippen molar-refractivity contribution in [2.75, 3.05) is 30.4 Å². The number of nitrogens with zero attached hydrogens (tertiary/aromatic N) is 2. The number of para-hydroxylation sites is 1. The highest BCUT2D eigenvalue weighted by molar-refractivity contribution is 6.32. The lowest BCUT2D eigenvalue weighted by Crippen LogP contribution is -2.47. The minimum absolute atomic E-state index is 0.00678. The molecule has 2 heterocycles. The standard InChI is InChI=1S/C24H26ClN3O4/c1-15-12-19(21(32-2)13-18(15)25)28-22(29)14-20(24(28)31)27-10-8-16(9-11-27)23(30)26-17-6-4-3-5-7-17/h3-7,12-13,16,20H,8-11,14H2,1-2H3,(H,26,30)/t20-/m0/s1. The molecule has 0 unspecified atom stereocenters. The number of amides is 3. The maximum atomic E-state index is 13.2. The third-order valence-corrected chi connectivity index (χ3v) is 6.61. The van der Waals surface area contributed by atoms with Crippen molar-refractivity contribution in [1.82, 2.24) is 4.90 Å². The van der Waals surface area contributed by atoms with Crippen LogP contribution in [0.2, 0.25) is 5.02 Å². The van der Waals surface area contributed by atoms with Gasteiger partial charge in [0.15, 0.2) is 0 Å². The zero-order chi connectivity index (χ0) is 22.8. The zero-order valence-electron chi connectivity index (χ0n) is 18.1. The van der Waals surface area contributed by atoms with Crippen LogP contribution in [0.4, 0.5) is 11.4 Å². The number of hydrogen-bond acceptors (Lipinski definition) is 5. The van der Waals surface area contributed by atoms with E-state index >= 15 is 0 Å². The Balaban J connectivity index is 1.42. The van der Waals surface area contributed by atoms with Crippen LogP contribution in [0, 0.1) is 12.8 Å². The predicted molar refractivity (Wildman–Crippen MR) is 123 cm³/mol. The molecule has 1 N–H and O–H groups in total. The molecule has 7 nitrogen and oxygen atoms in total. The van der Waals surface area contributed by atoms with Crippen LogP contribution in [0.15, 0.2) is 42.5 Å². The van der Waals surface area contributed by atoms with E-state index in [0.717, 1.165) is 11.3 Å². The molecular weight excluding hydrogens is 430 g/mol. The number of anilines is 2. The number of piperidine rings is 1. The van der Waals surface area contributed by atoms with Crippen molar-refractivity contribution in [2.45, 2.75) is 32.2 Å². The van der Waals surface area contributed by atoms with Gasteiger partial charge in [0.25, 0.3) is 5.91 Å². The van der Waals surface area contributed by atoms with E-state index in [1.54, 1.807) is 12.1 Å². The molecule has 4 rings (SSSR count). The second-order valence-corrected chi connectivity index (χ2v) is 8.63. The number of benzene rings is 2. The van der Waals surface area contributed by atoms with Crippen molar-refractivity contribution in [3.8, 4) is 5.75 Å². The van der Waals surface area contributed by atoms with Gasteiger partial charge in [-0.1, -0.05) is 29.8 Å². The summed E-state index contributed by atoms with van der Waals surface area (Å²) in [7, 11) is 1.48. The largest absolute Gasteiger partial charge is 0.495 e.